The minimum absolute atomic E-state index is 0.105. The van der Waals surface area contributed by atoms with Gasteiger partial charge in [0.15, 0.2) is 34.7 Å². The summed E-state index contributed by atoms with van der Waals surface area (Å²) in [5, 5.41) is 33.6. The molecule has 0 radical (unpaired) electrons. The van der Waals surface area contributed by atoms with Crippen molar-refractivity contribution in [3.63, 3.8) is 0 Å². The Morgan fingerprint density at radius 1 is 1.03 bits per heavy atom. The van der Waals surface area contributed by atoms with Crippen LogP contribution in [0.3, 0.4) is 0 Å². The number of ketones is 4. The number of fused-ring (bicyclic) bond motifs is 3. The van der Waals surface area contributed by atoms with Gasteiger partial charge in [-0.2, -0.15) is 0 Å². The lowest BCUT2D eigenvalue weighted by Gasteiger charge is -2.51. The van der Waals surface area contributed by atoms with Crippen LogP contribution in [0.5, 0.6) is 5.75 Å². The molecule has 0 bridgehead atoms. The number of phenols is 1. The summed E-state index contributed by atoms with van der Waals surface area (Å²) < 4.78 is 0. The molecular weight excluding hydrogens is 502 g/mol. The van der Waals surface area contributed by atoms with E-state index in [0.29, 0.717) is 16.7 Å². The van der Waals surface area contributed by atoms with E-state index in [9.17, 15) is 39.3 Å². The first-order valence-corrected chi connectivity index (χ1v) is 12.7. The fourth-order valence-corrected chi connectivity index (χ4v) is 6.29. The maximum Gasteiger partial charge on any atom is 0.235 e. The summed E-state index contributed by atoms with van der Waals surface area (Å²) in [5.74, 6) is -12.8. The monoisotopic (exact) mass is 531 g/mol. The molecule has 2 aromatic rings. The first-order valence-electron chi connectivity index (χ1n) is 12.7. The average molecular weight is 532 g/mol. The molecule has 0 aliphatic heterocycles. The standard InChI is InChI=1S/C30H29NO8/c1-29(2,3)14-9-7-13(8-10-14)11-16-15-5-4-6-18(32)20(15)25(35)23-21(16)24(34)17-12-19(33)22(28(31)38)26(36)30(17,39)27(23)37/h4-11,17,21-24,32,34,39H,12H2,1-3H3,(H2,31,38)/t17-,21-,22?,23?,24-,30-/m1/s1. The summed E-state index contributed by atoms with van der Waals surface area (Å²) in [7, 11) is 0. The van der Waals surface area contributed by atoms with Crippen LogP contribution >= 0.6 is 0 Å². The lowest BCUT2D eigenvalue weighted by atomic mass is 9.51. The van der Waals surface area contributed by atoms with E-state index in [2.05, 4.69) is 20.8 Å². The third-order valence-electron chi connectivity index (χ3n) is 8.34. The molecule has 0 aromatic heterocycles. The molecule has 2 unspecified atom stereocenters. The second-order valence-electron chi connectivity index (χ2n) is 11.6. The number of carbonyl (C=O) groups is 5. The van der Waals surface area contributed by atoms with E-state index < -0.39 is 76.6 Å². The first kappa shape index (κ1) is 26.6. The minimum atomic E-state index is -2.97. The van der Waals surface area contributed by atoms with Crippen molar-refractivity contribution in [2.75, 3.05) is 0 Å². The van der Waals surface area contributed by atoms with Crippen molar-refractivity contribution in [1.29, 1.82) is 0 Å². The smallest absolute Gasteiger partial charge is 0.235 e. The number of amides is 1. The van der Waals surface area contributed by atoms with E-state index in [1.165, 1.54) is 12.1 Å². The number of aromatic hydroxyl groups is 1. The van der Waals surface area contributed by atoms with Crippen LogP contribution in [0.25, 0.3) is 11.6 Å². The molecule has 1 amide bonds. The van der Waals surface area contributed by atoms with Crippen molar-refractivity contribution in [3.8, 4) is 5.75 Å². The van der Waals surface area contributed by atoms with Gasteiger partial charge in [-0.25, -0.2) is 0 Å². The van der Waals surface area contributed by atoms with E-state index >= 15 is 0 Å². The zero-order chi connectivity index (χ0) is 28.6. The predicted molar refractivity (Wildman–Crippen MR) is 139 cm³/mol. The van der Waals surface area contributed by atoms with Gasteiger partial charge in [0.2, 0.25) is 5.91 Å². The van der Waals surface area contributed by atoms with Crippen LogP contribution in [0.15, 0.2) is 42.5 Å². The number of primary amides is 1. The maximum absolute atomic E-state index is 13.9. The predicted octanol–water partition coefficient (Wildman–Crippen LogP) is 1.59. The molecule has 9 nitrogen and oxygen atoms in total. The highest BCUT2D eigenvalue weighted by Crippen LogP contribution is 2.54. The summed E-state index contributed by atoms with van der Waals surface area (Å²) in [5.41, 5.74) is 4.36. The molecule has 39 heavy (non-hydrogen) atoms. The number of benzene rings is 2. The van der Waals surface area contributed by atoms with Crippen LogP contribution in [0.2, 0.25) is 0 Å². The summed E-state index contributed by atoms with van der Waals surface area (Å²) in [6.45, 7) is 6.20. The molecule has 5 N–H and O–H groups in total. The molecule has 3 aliphatic rings. The fourth-order valence-electron chi connectivity index (χ4n) is 6.29. The number of aliphatic hydroxyl groups excluding tert-OH is 1. The zero-order valence-electron chi connectivity index (χ0n) is 21.7. The van der Waals surface area contributed by atoms with Gasteiger partial charge in [-0.1, -0.05) is 63.2 Å². The molecule has 2 saturated carbocycles. The van der Waals surface area contributed by atoms with E-state index in [1.807, 2.05) is 24.3 Å². The number of aliphatic hydroxyl groups is 2. The number of Topliss-reactive ketones (excluding diaryl/α,β-unsaturated/α-hetero) is 4. The van der Waals surface area contributed by atoms with Crippen LogP contribution in [-0.4, -0.2) is 56.1 Å². The molecule has 9 heteroatoms. The maximum atomic E-state index is 13.9. The van der Waals surface area contributed by atoms with Crippen LogP contribution in [0.4, 0.5) is 0 Å². The Labute approximate surface area is 224 Å². The van der Waals surface area contributed by atoms with Crippen molar-refractivity contribution in [1.82, 2.24) is 0 Å². The molecule has 2 aromatic carbocycles. The van der Waals surface area contributed by atoms with Gasteiger partial charge in [0.25, 0.3) is 0 Å². The number of hydrogen-bond acceptors (Lipinski definition) is 8. The zero-order valence-corrected chi connectivity index (χ0v) is 21.7. The van der Waals surface area contributed by atoms with E-state index in [-0.39, 0.29) is 11.0 Å². The van der Waals surface area contributed by atoms with Crippen LogP contribution in [0, 0.1) is 23.7 Å². The number of rotatable bonds is 2. The number of hydrogen-bond donors (Lipinski definition) is 4. The number of phenolic OH excluding ortho intramolecular Hbond substituents is 1. The fraction of sp³-hybridized carbons (Fsp3) is 0.367. The molecule has 5 rings (SSSR count). The van der Waals surface area contributed by atoms with Gasteiger partial charge < -0.3 is 21.1 Å². The SMILES string of the molecule is CC(C)(C)c1ccc(C=C2c3cccc(O)c3C(=O)C3C(=O)[C@]4(O)C(=O)C(C(N)=O)C(=O)C[C@@H]4[C@@H](O)[C@H]23)cc1. The Morgan fingerprint density at radius 3 is 2.26 bits per heavy atom. The summed E-state index contributed by atoms with van der Waals surface area (Å²) >= 11 is 0. The lowest BCUT2D eigenvalue weighted by molar-refractivity contribution is -0.185. The van der Waals surface area contributed by atoms with Gasteiger partial charge in [-0.15, -0.1) is 0 Å². The van der Waals surface area contributed by atoms with Gasteiger partial charge in [-0.3, -0.25) is 24.0 Å². The molecule has 0 saturated heterocycles. The van der Waals surface area contributed by atoms with Crippen molar-refractivity contribution in [3.05, 3.63) is 64.7 Å². The first-order chi connectivity index (χ1) is 18.2. The molecule has 0 heterocycles. The topological polar surface area (TPSA) is 172 Å². The van der Waals surface area contributed by atoms with E-state index in [1.54, 1.807) is 12.1 Å². The molecule has 6 atom stereocenters. The van der Waals surface area contributed by atoms with Gasteiger partial charge >= 0.3 is 0 Å². The Morgan fingerprint density at radius 2 is 1.67 bits per heavy atom. The quantitative estimate of drug-likeness (QED) is 0.423. The van der Waals surface area contributed by atoms with E-state index in [0.717, 1.165) is 5.56 Å². The number of carbonyl (C=O) groups excluding carboxylic acids is 5. The van der Waals surface area contributed by atoms with Crippen molar-refractivity contribution >= 4 is 40.7 Å². The van der Waals surface area contributed by atoms with Crippen molar-refractivity contribution in [2.45, 2.75) is 44.3 Å². The Bertz CT molecular complexity index is 1480. The van der Waals surface area contributed by atoms with Crippen molar-refractivity contribution < 1.29 is 39.3 Å². The number of nitrogens with two attached hydrogens (primary N) is 1. The van der Waals surface area contributed by atoms with Crippen molar-refractivity contribution in [2.24, 2.45) is 29.4 Å². The van der Waals surface area contributed by atoms with Crippen LogP contribution in [0.1, 0.15) is 54.2 Å². The second-order valence-corrected chi connectivity index (χ2v) is 11.6. The highest BCUT2D eigenvalue weighted by atomic mass is 16.3. The Hall–Kier alpha value is -3.95. The Kier molecular flexibility index (Phi) is 6.01. The molecule has 2 fully saturated rings. The molecule has 202 valence electrons. The Balaban J connectivity index is 1.71. The highest BCUT2D eigenvalue weighted by Gasteiger charge is 2.69. The third-order valence-corrected chi connectivity index (χ3v) is 8.34. The summed E-state index contributed by atoms with van der Waals surface area (Å²) in [6, 6.07) is 11.9. The summed E-state index contributed by atoms with van der Waals surface area (Å²) in [4.78, 5) is 65.3. The third kappa shape index (κ3) is 3.79. The molecule has 3 aliphatic carbocycles. The molecular formula is C30H29NO8. The largest absolute Gasteiger partial charge is 0.507 e. The molecule has 0 spiro atoms. The van der Waals surface area contributed by atoms with Gasteiger partial charge in [0.05, 0.1) is 17.6 Å². The average Bonchev–Trinajstić information content (AvgIpc) is 2.85. The second kappa shape index (κ2) is 8.79. The summed E-state index contributed by atoms with van der Waals surface area (Å²) in [6.07, 6.45) is -0.645. The van der Waals surface area contributed by atoms with E-state index in [4.69, 9.17) is 5.73 Å². The van der Waals surface area contributed by atoms with Gasteiger partial charge in [-0.05, 0) is 33.7 Å². The normalized spacial score (nSPS) is 31.5. The highest BCUT2D eigenvalue weighted by molar-refractivity contribution is 6.32. The van der Waals surface area contributed by atoms with Crippen LogP contribution in [-0.2, 0) is 24.6 Å². The van der Waals surface area contributed by atoms with Crippen LogP contribution < -0.4 is 5.73 Å². The van der Waals surface area contributed by atoms with Gasteiger partial charge in [0, 0.05) is 18.3 Å². The van der Waals surface area contributed by atoms with Gasteiger partial charge in [0.1, 0.15) is 5.75 Å². The minimum Gasteiger partial charge on any atom is -0.507 e. The lowest BCUT2D eigenvalue weighted by Crippen LogP contribution is -2.72.